The van der Waals surface area contributed by atoms with E-state index in [0.717, 1.165) is 5.56 Å². The number of aliphatic hydroxyl groups is 2. The minimum Gasteiger partial charge on any atom is -0.481 e. The third-order valence-electron chi connectivity index (χ3n) is 6.45. The van der Waals surface area contributed by atoms with Gasteiger partial charge in [-0.15, -0.1) is 0 Å². The molecule has 0 heterocycles. The van der Waals surface area contributed by atoms with Gasteiger partial charge in [-0.25, -0.2) is 4.39 Å². The van der Waals surface area contributed by atoms with Gasteiger partial charge < -0.3 is 15.3 Å². The molecule has 4 fully saturated rings. The van der Waals surface area contributed by atoms with E-state index in [1.54, 1.807) is 12.1 Å². The lowest BCUT2D eigenvalue weighted by Gasteiger charge is -2.66. The van der Waals surface area contributed by atoms with Gasteiger partial charge in [0.2, 0.25) is 0 Å². The van der Waals surface area contributed by atoms with E-state index in [2.05, 4.69) is 0 Å². The van der Waals surface area contributed by atoms with Crippen LogP contribution in [-0.4, -0.2) is 32.5 Å². The SMILES string of the molecule is O=C(O)CC1(c2ccc(F)cc2)C2CC3(O)CC1CC(O)(C2)C3. The molecular weight excluding hydrogens is 299 g/mol. The number of carboxylic acids is 1. The van der Waals surface area contributed by atoms with Crippen LogP contribution in [0, 0.1) is 17.7 Å². The Morgan fingerprint density at radius 2 is 1.52 bits per heavy atom. The van der Waals surface area contributed by atoms with Crippen molar-refractivity contribution in [3.8, 4) is 0 Å². The number of aliphatic carboxylic acids is 1. The molecule has 0 spiro atoms. The molecule has 0 atom stereocenters. The average molecular weight is 320 g/mol. The molecule has 0 unspecified atom stereocenters. The largest absolute Gasteiger partial charge is 0.481 e. The third kappa shape index (κ3) is 2.13. The van der Waals surface area contributed by atoms with Crippen LogP contribution in [0.3, 0.4) is 0 Å². The first-order chi connectivity index (χ1) is 10.7. The predicted molar refractivity (Wildman–Crippen MR) is 80.3 cm³/mol. The highest BCUT2D eigenvalue weighted by Gasteiger charge is 2.66. The number of carboxylic acid groups (broad SMARTS) is 1. The molecule has 23 heavy (non-hydrogen) atoms. The van der Waals surface area contributed by atoms with E-state index in [4.69, 9.17) is 0 Å². The van der Waals surface area contributed by atoms with Crippen molar-refractivity contribution in [2.24, 2.45) is 11.8 Å². The van der Waals surface area contributed by atoms with Crippen molar-refractivity contribution < 1.29 is 24.5 Å². The van der Waals surface area contributed by atoms with Gasteiger partial charge in [0, 0.05) is 11.8 Å². The summed E-state index contributed by atoms with van der Waals surface area (Å²) in [4.78, 5) is 11.6. The van der Waals surface area contributed by atoms with Crippen molar-refractivity contribution in [3.05, 3.63) is 35.6 Å². The first kappa shape index (κ1) is 15.1. The molecule has 3 N–H and O–H groups in total. The summed E-state index contributed by atoms with van der Waals surface area (Å²) >= 11 is 0. The van der Waals surface area contributed by atoms with E-state index in [1.165, 1.54) is 12.1 Å². The van der Waals surface area contributed by atoms with Crippen LogP contribution in [0.25, 0.3) is 0 Å². The van der Waals surface area contributed by atoms with Crippen LogP contribution in [0.2, 0.25) is 0 Å². The molecule has 0 amide bonds. The van der Waals surface area contributed by atoms with E-state index >= 15 is 0 Å². The lowest BCUT2D eigenvalue weighted by molar-refractivity contribution is -0.230. The molecule has 4 nitrogen and oxygen atoms in total. The van der Waals surface area contributed by atoms with E-state index < -0.39 is 22.6 Å². The van der Waals surface area contributed by atoms with Gasteiger partial charge in [-0.3, -0.25) is 4.79 Å². The highest BCUT2D eigenvalue weighted by Crippen LogP contribution is 2.66. The molecule has 0 saturated heterocycles. The molecule has 4 saturated carbocycles. The summed E-state index contributed by atoms with van der Waals surface area (Å²) in [6, 6.07) is 6.09. The maximum atomic E-state index is 13.3. The molecule has 5 rings (SSSR count). The van der Waals surface area contributed by atoms with Crippen LogP contribution in [-0.2, 0) is 10.2 Å². The van der Waals surface area contributed by atoms with E-state index in [1.807, 2.05) is 0 Å². The number of halogens is 1. The van der Waals surface area contributed by atoms with Gasteiger partial charge in [-0.2, -0.15) is 0 Å². The molecule has 0 radical (unpaired) electrons. The fraction of sp³-hybridized carbons (Fsp3) is 0.611. The zero-order chi connectivity index (χ0) is 16.5. The Balaban J connectivity index is 1.84. The fourth-order valence-corrected chi connectivity index (χ4v) is 5.98. The summed E-state index contributed by atoms with van der Waals surface area (Å²) in [6.07, 6.45) is 2.39. The van der Waals surface area contributed by atoms with Crippen molar-refractivity contribution in [2.75, 3.05) is 0 Å². The lowest BCUT2D eigenvalue weighted by atomic mass is 9.40. The zero-order valence-electron chi connectivity index (χ0n) is 12.8. The Morgan fingerprint density at radius 3 is 1.96 bits per heavy atom. The minimum absolute atomic E-state index is 0.0415. The van der Waals surface area contributed by atoms with Crippen molar-refractivity contribution in [1.29, 1.82) is 0 Å². The quantitative estimate of drug-likeness (QED) is 0.798. The van der Waals surface area contributed by atoms with Gasteiger partial charge in [0.25, 0.3) is 0 Å². The van der Waals surface area contributed by atoms with E-state index in [9.17, 15) is 24.5 Å². The van der Waals surface area contributed by atoms with Crippen LogP contribution in [0.4, 0.5) is 4.39 Å². The lowest BCUT2D eigenvalue weighted by Crippen LogP contribution is -2.68. The number of hydrogen-bond donors (Lipinski definition) is 3. The van der Waals surface area contributed by atoms with Crippen LogP contribution >= 0.6 is 0 Å². The molecule has 5 heteroatoms. The van der Waals surface area contributed by atoms with E-state index in [-0.39, 0.29) is 24.1 Å². The van der Waals surface area contributed by atoms with Gasteiger partial charge >= 0.3 is 5.97 Å². The Labute approximate surface area is 134 Å². The predicted octanol–water partition coefficient (Wildman–Crippen LogP) is 2.22. The van der Waals surface area contributed by atoms with Gasteiger partial charge in [0.15, 0.2) is 0 Å². The summed E-state index contributed by atoms with van der Waals surface area (Å²) in [5.41, 5.74) is -1.58. The number of carbonyl (C=O) groups is 1. The smallest absolute Gasteiger partial charge is 0.304 e. The summed E-state index contributed by atoms with van der Waals surface area (Å²) in [6.45, 7) is 0. The monoisotopic (exact) mass is 320 g/mol. The van der Waals surface area contributed by atoms with Crippen molar-refractivity contribution in [3.63, 3.8) is 0 Å². The van der Waals surface area contributed by atoms with Gasteiger partial charge in [-0.05, 0) is 55.2 Å². The molecule has 4 bridgehead atoms. The second kappa shape index (κ2) is 4.54. The molecule has 124 valence electrons. The van der Waals surface area contributed by atoms with Crippen molar-refractivity contribution in [2.45, 2.75) is 55.1 Å². The van der Waals surface area contributed by atoms with Crippen LogP contribution in [0.15, 0.2) is 24.3 Å². The highest BCUT2D eigenvalue weighted by atomic mass is 19.1. The molecular formula is C18H21FO4. The summed E-state index contributed by atoms with van der Waals surface area (Å²) in [7, 11) is 0. The first-order valence-electron chi connectivity index (χ1n) is 8.17. The topological polar surface area (TPSA) is 77.8 Å². The van der Waals surface area contributed by atoms with Crippen LogP contribution < -0.4 is 0 Å². The average Bonchev–Trinajstić information content (AvgIpc) is 2.41. The number of hydrogen-bond acceptors (Lipinski definition) is 3. The first-order valence-corrected chi connectivity index (χ1v) is 8.17. The third-order valence-corrected chi connectivity index (χ3v) is 6.45. The van der Waals surface area contributed by atoms with Gasteiger partial charge in [-0.1, -0.05) is 12.1 Å². The fourth-order valence-electron chi connectivity index (χ4n) is 5.98. The zero-order valence-corrected chi connectivity index (χ0v) is 12.8. The number of benzene rings is 1. The Hall–Kier alpha value is -1.46. The molecule has 0 aliphatic heterocycles. The summed E-state index contributed by atoms with van der Waals surface area (Å²) in [5.74, 6) is -1.43. The Morgan fingerprint density at radius 1 is 1.04 bits per heavy atom. The van der Waals surface area contributed by atoms with Gasteiger partial charge in [0.1, 0.15) is 5.82 Å². The number of rotatable bonds is 3. The second-order valence-corrected chi connectivity index (χ2v) is 7.95. The molecule has 1 aromatic rings. The highest BCUT2D eigenvalue weighted by molar-refractivity contribution is 5.69. The van der Waals surface area contributed by atoms with Crippen LogP contribution in [0.5, 0.6) is 0 Å². The summed E-state index contributed by atoms with van der Waals surface area (Å²) in [5, 5.41) is 31.0. The Kier molecular flexibility index (Phi) is 2.98. The second-order valence-electron chi connectivity index (χ2n) is 7.95. The normalized spacial score (nSPS) is 44.5. The van der Waals surface area contributed by atoms with Crippen molar-refractivity contribution >= 4 is 5.97 Å². The molecule has 0 aromatic heterocycles. The summed E-state index contributed by atoms with van der Waals surface area (Å²) < 4.78 is 13.3. The van der Waals surface area contributed by atoms with Crippen molar-refractivity contribution in [1.82, 2.24) is 0 Å². The Bertz CT molecular complexity index is 617. The minimum atomic E-state index is -0.888. The van der Waals surface area contributed by atoms with Crippen LogP contribution in [0.1, 0.15) is 44.1 Å². The maximum Gasteiger partial charge on any atom is 0.304 e. The molecule has 1 aromatic carbocycles. The van der Waals surface area contributed by atoms with Gasteiger partial charge in [0.05, 0.1) is 17.6 Å². The molecule has 4 aliphatic carbocycles. The standard InChI is InChI=1S/C18H21FO4/c19-14-3-1-11(2-4-14)18(9-15(20)21)12-5-16(22)7-13(18)8-17(23,6-12)10-16/h1-4,12-13,22-23H,5-10H2,(H,20,21). The maximum absolute atomic E-state index is 13.3. The molecule has 4 aliphatic rings. The van der Waals surface area contributed by atoms with E-state index in [0.29, 0.717) is 32.1 Å².